The Hall–Kier alpha value is -1.76. The van der Waals surface area contributed by atoms with E-state index in [1.807, 2.05) is 6.07 Å². The lowest BCUT2D eigenvalue weighted by molar-refractivity contribution is 0.211. The Labute approximate surface area is 155 Å². The van der Waals surface area contributed by atoms with Gasteiger partial charge < -0.3 is 4.90 Å². The van der Waals surface area contributed by atoms with Crippen molar-refractivity contribution in [1.82, 2.24) is 9.62 Å². The summed E-state index contributed by atoms with van der Waals surface area (Å²) in [5.41, 5.74) is 1.94. The van der Waals surface area contributed by atoms with Crippen LogP contribution in [0, 0.1) is 5.82 Å². The number of hydrogen-bond acceptors (Lipinski definition) is 3. The summed E-state index contributed by atoms with van der Waals surface area (Å²) in [6.07, 6.45) is 2.30. The molecule has 1 fully saturated rings. The predicted molar refractivity (Wildman–Crippen MR) is 102 cm³/mol. The summed E-state index contributed by atoms with van der Waals surface area (Å²) >= 11 is 0. The molecule has 2 aromatic carbocycles. The number of nitrogens with zero attached hydrogens (tertiary/aromatic N) is 1. The van der Waals surface area contributed by atoms with E-state index in [2.05, 4.69) is 33.9 Å². The van der Waals surface area contributed by atoms with Crippen molar-refractivity contribution in [3.63, 3.8) is 0 Å². The highest BCUT2D eigenvalue weighted by Gasteiger charge is 2.21. The Balaban J connectivity index is 1.47. The maximum absolute atomic E-state index is 12.9. The third-order valence-electron chi connectivity index (χ3n) is 4.80. The molecule has 1 heterocycles. The zero-order chi connectivity index (χ0) is 18.4. The quantitative estimate of drug-likeness (QED) is 0.808. The van der Waals surface area contributed by atoms with Crippen molar-refractivity contribution in [2.45, 2.75) is 24.5 Å². The van der Waals surface area contributed by atoms with Gasteiger partial charge in [-0.2, -0.15) is 0 Å². The average Bonchev–Trinajstić information content (AvgIpc) is 2.64. The van der Waals surface area contributed by atoms with Gasteiger partial charge in [0.1, 0.15) is 5.82 Å². The second kappa shape index (κ2) is 8.75. The van der Waals surface area contributed by atoms with E-state index in [9.17, 15) is 12.8 Å². The summed E-state index contributed by atoms with van der Waals surface area (Å²) < 4.78 is 40.0. The van der Waals surface area contributed by atoms with Gasteiger partial charge in [0.05, 0.1) is 5.75 Å². The molecule has 0 radical (unpaired) electrons. The van der Waals surface area contributed by atoms with Gasteiger partial charge in [0, 0.05) is 19.6 Å². The highest BCUT2D eigenvalue weighted by atomic mass is 32.2. The molecular weight excluding hydrogens is 351 g/mol. The minimum absolute atomic E-state index is 0.125. The van der Waals surface area contributed by atoms with E-state index in [0.717, 1.165) is 19.5 Å². The topological polar surface area (TPSA) is 49.4 Å². The van der Waals surface area contributed by atoms with Crippen molar-refractivity contribution in [3.05, 3.63) is 71.5 Å². The van der Waals surface area contributed by atoms with Crippen molar-refractivity contribution < 1.29 is 12.8 Å². The van der Waals surface area contributed by atoms with Gasteiger partial charge in [-0.25, -0.2) is 17.5 Å². The van der Waals surface area contributed by atoms with Crippen molar-refractivity contribution in [2.24, 2.45) is 0 Å². The zero-order valence-electron chi connectivity index (χ0n) is 14.8. The molecule has 0 bridgehead atoms. The van der Waals surface area contributed by atoms with Gasteiger partial charge in [-0.05, 0) is 48.6 Å². The van der Waals surface area contributed by atoms with Crippen LogP contribution >= 0.6 is 0 Å². The first-order valence-corrected chi connectivity index (χ1v) is 10.7. The normalized spacial score (nSPS) is 18.7. The number of sulfonamides is 1. The lowest BCUT2D eigenvalue weighted by atomic mass is 9.91. The summed E-state index contributed by atoms with van der Waals surface area (Å²) in [4.78, 5) is 2.32. The Morgan fingerprint density at radius 2 is 1.81 bits per heavy atom. The second-order valence-corrected chi connectivity index (χ2v) is 8.64. The van der Waals surface area contributed by atoms with Crippen LogP contribution in [0.15, 0.2) is 54.6 Å². The highest BCUT2D eigenvalue weighted by Crippen LogP contribution is 2.26. The van der Waals surface area contributed by atoms with Crippen LogP contribution < -0.4 is 4.72 Å². The summed E-state index contributed by atoms with van der Waals surface area (Å²) in [7, 11) is -3.41. The molecule has 4 nitrogen and oxygen atoms in total. The average molecular weight is 376 g/mol. The molecule has 26 heavy (non-hydrogen) atoms. The molecule has 140 valence electrons. The minimum Gasteiger partial charge on any atom is -0.301 e. The smallest absolute Gasteiger partial charge is 0.215 e. The number of nitrogens with one attached hydrogen (secondary N) is 1. The predicted octanol–water partition coefficient (Wildman–Crippen LogP) is 3.12. The van der Waals surface area contributed by atoms with E-state index in [1.54, 1.807) is 0 Å². The number of hydrogen-bond donors (Lipinski definition) is 1. The van der Waals surface area contributed by atoms with E-state index in [0.29, 0.717) is 24.6 Å². The van der Waals surface area contributed by atoms with Crippen molar-refractivity contribution >= 4 is 10.0 Å². The molecule has 0 amide bonds. The zero-order valence-corrected chi connectivity index (χ0v) is 15.6. The maximum atomic E-state index is 12.9. The summed E-state index contributed by atoms with van der Waals surface area (Å²) in [6, 6.07) is 16.1. The van der Waals surface area contributed by atoms with Crippen LogP contribution in [0.1, 0.15) is 29.9 Å². The number of likely N-dealkylation sites (tertiary alicyclic amines) is 1. The fourth-order valence-electron chi connectivity index (χ4n) is 3.47. The maximum Gasteiger partial charge on any atom is 0.215 e. The number of benzene rings is 2. The van der Waals surface area contributed by atoms with E-state index >= 15 is 0 Å². The molecule has 0 saturated carbocycles. The standard InChI is InChI=1S/C20H25FN2O2S/c21-20-10-8-17(9-11-20)16-26(24,25)22-12-14-23-13-4-7-19(15-23)18-5-2-1-3-6-18/h1-3,5-6,8-11,19,22H,4,7,12-16H2/t19-/m0/s1. The Bertz CT molecular complexity index is 794. The third-order valence-corrected chi connectivity index (χ3v) is 6.15. The fraction of sp³-hybridized carbons (Fsp3) is 0.400. The van der Waals surface area contributed by atoms with Crippen molar-refractivity contribution in [1.29, 1.82) is 0 Å². The highest BCUT2D eigenvalue weighted by molar-refractivity contribution is 7.88. The van der Waals surface area contributed by atoms with Gasteiger partial charge >= 0.3 is 0 Å². The summed E-state index contributed by atoms with van der Waals surface area (Å²) in [5, 5.41) is 0. The Kier molecular flexibility index (Phi) is 6.40. The Morgan fingerprint density at radius 3 is 2.54 bits per heavy atom. The van der Waals surface area contributed by atoms with Gasteiger partial charge in [-0.15, -0.1) is 0 Å². The van der Waals surface area contributed by atoms with Crippen LogP contribution in [0.2, 0.25) is 0 Å². The SMILES string of the molecule is O=S(=O)(Cc1ccc(F)cc1)NCCN1CCC[C@H](c2ccccc2)C1. The lowest BCUT2D eigenvalue weighted by Crippen LogP contribution is -2.40. The van der Waals surface area contributed by atoms with Crippen molar-refractivity contribution in [3.8, 4) is 0 Å². The molecule has 1 aliphatic rings. The first-order chi connectivity index (χ1) is 12.5. The third kappa shape index (κ3) is 5.62. The van der Waals surface area contributed by atoms with Crippen LogP contribution in [0.25, 0.3) is 0 Å². The molecule has 1 atom stereocenters. The van der Waals surface area contributed by atoms with Crippen LogP contribution in [0.4, 0.5) is 4.39 Å². The number of rotatable bonds is 7. The van der Waals surface area contributed by atoms with Gasteiger partial charge in [-0.1, -0.05) is 42.5 Å². The molecule has 1 N–H and O–H groups in total. The van der Waals surface area contributed by atoms with Gasteiger partial charge in [-0.3, -0.25) is 0 Å². The van der Waals surface area contributed by atoms with Crippen LogP contribution in [0.3, 0.4) is 0 Å². The van der Waals surface area contributed by atoms with E-state index in [1.165, 1.54) is 36.2 Å². The molecule has 0 spiro atoms. The second-order valence-electron chi connectivity index (χ2n) is 6.83. The molecule has 0 aliphatic carbocycles. The summed E-state index contributed by atoms with van der Waals surface area (Å²) in [5.74, 6) is 0.0258. The van der Waals surface area contributed by atoms with Crippen LogP contribution in [-0.4, -0.2) is 39.5 Å². The van der Waals surface area contributed by atoms with Crippen LogP contribution in [-0.2, 0) is 15.8 Å². The summed E-state index contributed by atoms with van der Waals surface area (Å²) in [6.45, 7) is 3.06. The minimum atomic E-state index is -3.41. The largest absolute Gasteiger partial charge is 0.301 e. The lowest BCUT2D eigenvalue weighted by Gasteiger charge is -2.33. The van der Waals surface area contributed by atoms with Gasteiger partial charge in [0.25, 0.3) is 0 Å². The molecule has 1 aliphatic heterocycles. The monoisotopic (exact) mass is 376 g/mol. The van der Waals surface area contributed by atoms with E-state index in [4.69, 9.17) is 0 Å². The first-order valence-electron chi connectivity index (χ1n) is 9.01. The molecule has 3 rings (SSSR count). The first kappa shape index (κ1) is 19.0. The molecular formula is C20H25FN2O2S. The Morgan fingerprint density at radius 1 is 1.08 bits per heavy atom. The molecule has 1 saturated heterocycles. The van der Waals surface area contributed by atoms with Gasteiger partial charge in [0.2, 0.25) is 10.0 Å². The van der Waals surface area contributed by atoms with Crippen molar-refractivity contribution in [2.75, 3.05) is 26.2 Å². The van der Waals surface area contributed by atoms with Gasteiger partial charge in [0.15, 0.2) is 0 Å². The number of halogens is 1. The molecule has 6 heteroatoms. The van der Waals surface area contributed by atoms with Crippen LogP contribution in [0.5, 0.6) is 0 Å². The van der Waals surface area contributed by atoms with E-state index in [-0.39, 0.29) is 11.6 Å². The van der Waals surface area contributed by atoms with E-state index < -0.39 is 10.0 Å². The number of piperidine rings is 1. The molecule has 0 unspecified atom stereocenters. The molecule has 0 aromatic heterocycles. The molecule has 2 aromatic rings. The fourth-order valence-corrected chi connectivity index (χ4v) is 4.60.